The van der Waals surface area contributed by atoms with Crippen LogP contribution in [0.5, 0.6) is 0 Å². The van der Waals surface area contributed by atoms with Gasteiger partial charge in [0.15, 0.2) is 0 Å². The van der Waals surface area contributed by atoms with Gasteiger partial charge in [0.2, 0.25) is 0 Å². The Balaban J connectivity index is 2.38. The van der Waals surface area contributed by atoms with Gasteiger partial charge < -0.3 is 5.32 Å². The zero-order valence-electron chi connectivity index (χ0n) is 11.6. The van der Waals surface area contributed by atoms with Crippen molar-refractivity contribution in [1.29, 1.82) is 0 Å². The molecule has 0 radical (unpaired) electrons. The van der Waals surface area contributed by atoms with Crippen LogP contribution in [0.2, 0.25) is 0 Å². The molecule has 0 saturated heterocycles. The van der Waals surface area contributed by atoms with Crippen LogP contribution in [0.3, 0.4) is 0 Å². The molecule has 0 amide bonds. The molecular weight excluding hydrogens is 322 g/mol. The van der Waals surface area contributed by atoms with Crippen molar-refractivity contribution in [2.75, 3.05) is 7.05 Å². The zero-order valence-corrected chi connectivity index (χ0v) is 14.0. The van der Waals surface area contributed by atoms with Crippen LogP contribution >= 0.6 is 27.7 Å². The number of rotatable bonds is 4. The summed E-state index contributed by atoms with van der Waals surface area (Å²) in [7, 11) is 3.96. The minimum absolute atomic E-state index is 0.324. The third-order valence-electron chi connectivity index (χ3n) is 3.05. The second kappa shape index (κ2) is 6.11. The molecule has 5 heteroatoms. The lowest BCUT2D eigenvalue weighted by molar-refractivity contribution is 0.640. The lowest BCUT2D eigenvalue weighted by Crippen LogP contribution is -2.13. The highest BCUT2D eigenvalue weighted by Crippen LogP contribution is 2.35. The van der Waals surface area contributed by atoms with E-state index in [-0.39, 0.29) is 0 Å². The summed E-state index contributed by atoms with van der Waals surface area (Å²) in [5.74, 6) is 0. The first-order chi connectivity index (χ1) is 9.01. The van der Waals surface area contributed by atoms with Crippen molar-refractivity contribution < 1.29 is 0 Å². The fourth-order valence-electron chi connectivity index (χ4n) is 1.90. The minimum Gasteiger partial charge on any atom is -0.313 e. The smallest absolute Gasteiger partial charge is 0.0987 e. The maximum Gasteiger partial charge on any atom is 0.0987 e. The molecule has 0 fully saturated rings. The molecule has 0 aliphatic heterocycles. The van der Waals surface area contributed by atoms with E-state index in [1.807, 2.05) is 25.7 Å². The first kappa shape index (κ1) is 14.6. The van der Waals surface area contributed by atoms with E-state index in [2.05, 4.69) is 57.5 Å². The molecule has 0 spiro atoms. The summed E-state index contributed by atoms with van der Waals surface area (Å²) in [5, 5.41) is 8.84. The highest BCUT2D eigenvalue weighted by Gasteiger charge is 2.12. The number of nitrogens with one attached hydrogen (secondary N) is 1. The minimum atomic E-state index is 0.324. The molecule has 102 valence electrons. The van der Waals surface area contributed by atoms with Gasteiger partial charge in [0.1, 0.15) is 0 Å². The summed E-state index contributed by atoms with van der Waals surface area (Å²) in [5.41, 5.74) is 2.35. The number of nitrogens with zero attached hydrogens (tertiary/aromatic N) is 2. The number of aromatic nitrogens is 2. The molecule has 0 bridgehead atoms. The Labute approximate surface area is 126 Å². The second-order valence-electron chi connectivity index (χ2n) is 4.54. The molecule has 1 unspecified atom stereocenters. The summed E-state index contributed by atoms with van der Waals surface area (Å²) >= 11 is 5.30. The Bertz CT molecular complexity index is 580. The molecule has 19 heavy (non-hydrogen) atoms. The van der Waals surface area contributed by atoms with Gasteiger partial charge in [-0.15, -0.1) is 0 Å². The molecule has 1 aromatic heterocycles. The van der Waals surface area contributed by atoms with Crippen molar-refractivity contribution in [3.8, 4) is 0 Å². The van der Waals surface area contributed by atoms with Gasteiger partial charge in [0.25, 0.3) is 0 Å². The van der Waals surface area contributed by atoms with Gasteiger partial charge in [-0.05, 0) is 44.7 Å². The summed E-state index contributed by atoms with van der Waals surface area (Å²) in [6.45, 7) is 4.18. The van der Waals surface area contributed by atoms with Crippen molar-refractivity contribution in [3.05, 3.63) is 40.0 Å². The Morgan fingerprint density at radius 1 is 1.37 bits per heavy atom. The largest absolute Gasteiger partial charge is 0.313 e. The lowest BCUT2D eigenvalue weighted by atomic mass is 10.1. The standard InChI is InChI=1S/C14H18BrN3S/c1-9-7-14(18(4)17-9)19-13-8-11(15)5-6-12(13)10(2)16-3/h5-8,10,16H,1-4H3. The topological polar surface area (TPSA) is 29.9 Å². The fraction of sp³-hybridized carbons (Fsp3) is 0.357. The third-order valence-corrected chi connectivity index (χ3v) is 4.71. The van der Waals surface area contributed by atoms with Gasteiger partial charge in [-0.3, -0.25) is 4.68 Å². The van der Waals surface area contributed by atoms with Gasteiger partial charge in [0.05, 0.1) is 10.7 Å². The van der Waals surface area contributed by atoms with Crippen LogP contribution in [0.15, 0.2) is 38.7 Å². The normalized spacial score (nSPS) is 12.7. The van der Waals surface area contributed by atoms with Crippen LogP contribution < -0.4 is 5.32 Å². The van der Waals surface area contributed by atoms with Gasteiger partial charge in [-0.1, -0.05) is 33.8 Å². The molecule has 1 aromatic carbocycles. The van der Waals surface area contributed by atoms with E-state index in [1.54, 1.807) is 11.8 Å². The molecule has 1 heterocycles. The molecule has 2 rings (SSSR count). The van der Waals surface area contributed by atoms with Gasteiger partial charge in [-0.2, -0.15) is 5.10 Å². The van der Waals surface area contributed by atoms with E-state index in [0.29, 0.717) is 6.04 Å². The SMILES string of the molecule is CNC(C)c1ccc(Br)cc1Sc1cc(C)nn1C. The maximum atomic E-state index is 4.39. The summed E-state index contributed by atoms with van der Waals surface area (Å²) in [6.07, 6.45) is 0. The zero-order chi connectivity index (χ0) is 14.0. The molecule has 3 nitrogen and oxygen atoms in total. The highest BCUT2D eigenvalue weighted by atomic mass is 79.9. The van der Waals surface area contributed by atoms with Crippen molar-refractivity contribution in [2.24, 2.45) is 7.05 Å². The van der Waals surface area contributed by atoms with Crippen molar-refractivity contribution >= 4 is 27.7 Å². The Hall–Kier alpha value is -0.780. The summed E-state index contributed by atoms with van der Waals surface area (Å²) in [4.78, 5) is 1.25. The molecule has 2 aromatic rings. The number of hydrogen-bond donors (Lipinski definition) is 1. The predicted molar refractivity (Wildman–Crippen MR) is 83.7 cm³/mol. The number of benzene rings is 1. The molecular formula is C14H18BrN3S. The van der Waals surface area contributed by atoms with Crippen molar-refractivity contribution in [1.82, 2.24) is 15.1 Å². The molecule has 1 atom stereocenters. The number of halogens is 1. The fourth-order valence-corrected chi connectivity index (χ4v) is 3.59. The molecule has 0 aliphatic rings. The Kier molecular flexibility index (Phi) is 4.71. The highest BCUT2D eigenvalue weighted by molar-refractivity contribution is 9.10. The van der Waals surface area contributed by atoms with Gasteiger partial charge >= 0.3 is 0 Å². The summed E-state index contributed by atoms with van der Waals surface area (Å²) in [6, 6.07) is 8.85. The maximum absolute atomic E-state index is 4.39. The second-order valence-corrected chi connectivity index (χ2v) is 6.52. The van der Waals surface area contributed by atoms with Crippen molar-refractivity contribution in [2.45, 2.75) is 29.8 Å². The van der Waals surface area contributed by atoms with Crippen LogP contribution in [0.1, 0.15) is 24.2 Å². The van der Waals surface area contributed by atoms with Crippen LogP contribution in [0, 0.1) is 6.92 Å². The lowest BCUT2D eigenvalue weighted by Gasteiger charge is -2.15. The molecule has 1 N–H and O–H groups in total. The van der Waals surface area contributed by atoms with Crippen LogP contribution in [-0.4, -0.2) is 16.8 Å². The predicted octanol–water partition coefficient (Wildman–Crippen LogP) is 3.92. The van der Waals surface area contributed by atoms with Gasteiger partial charge in [-0.25, -0.2) is 0 Å². The van der Waals surface area contributed by atoms with E-state index in [4.69, 9.17) is 0 Å². The van der Waals surface area contributed by atoms with E-state index in [9.17, 15) is 0 Å². The number of aryl methyl sites for hydroxylation is 2. The van der Waals surface area contributed by atoms with Gasteiger partial charge in [0, 0.05) is 22.5 Å². The van der Waals surface area contributed by atoms with E-state index < -0.39 is 0 Å². The average Bonchev–Trinajstić information content (AvgIpc) is 2.67. The van der Waals surface area contributed by atoms with Crippen LogP contribution in [-0.2, 0) is 7.05 Å². The first-order valence-electron chi connectivity index (χ1n) is 6.16. The Morgan fingerprint density at radius 2 is 2.11 bits per heavy atom. The monoisotopic (exact) mass is 339 g/mol. The van der Waals surface area contributed by atoms with E-state index in [1.165, 1.54) is 10.5 Å². The third kappa shape index (κ3) is 3.41. The van der Waals surface area contributed by atoms with E-state index >= 15 is 0 Å². The van der Waals surface area contributed by atoms with Crippen LogP contribution in [0.25, 0.3) is 0 Å². The van der Waals surface area contributed by atoms with E-state index in [0.717, 1.165) is 15.2 Å². The quantitative estimate of drug-likeness (QED) is 0.915. The Morgan fingerprint density at radius 3 is 2.68 bits per heavy atom. The molecule has 0 aliphatic carbocycles. The van der Waals surface area contributed by atoms with Crippen LogP contribution in [0.4, 0.5) is 0 Å². The molecule has 0 saturated carbocycles. The number of hydrogen-bond acceptors (Lipinski definition) is 3. The summed E-state index contributed by atoms with van der Waals surface area (Å²) < 4.78 is 3.02. The first-order valence-corrected chi connectivity index (χ1v) is 7.77. The average molecular weight is 340 g/mol. The van der Waals surface area contributed by atoms with Crippen molar-refractivity contribution in [3.63, 3.8) is 0 Å².